The predicted octanol–water partition coefficient (Wildman–Crippen LogP) is 1.73. The van der Waals surface area contributed by atoms with Crippen molar-refractivity contribution in [2.24, 2.45) is 7.05 Å². The van der Waals surface area contributed by atoms with Gasteiger partial charge in [0.15, 0.2) is 5.82 Å². The zero-order chi connectivity index (χ0) is 17.1. The lowest BCUT2D eigenvalue weighted by atomic mass is 10.1. The van der Waals surface area contributed by atoms with E-state index in [1.165, 1.54) is 17.0 Å². The third kappa shape index (κ3) is 3.23. The minimum atomic E-state index is -0.00646. The zero-order valence-corrected chi connectivity index (χ0v) is 15.2. The number of ether oxygens (including phenoxy) is 1. The maximum atomic E-state index is 5.97. The van der Waals surface area contributed by atoms with E-state index in [2.05, 4.69) is 40.4 Å². The highest BCUT2D eigenvalue weighted by Crippen LogP contribution is 2.24. The van der Waals surface area contributed by atoms with E-state index >= 15 is 0 Å². The number of rotatable bonds is 6. The number of hydrogen-bond donors (Lipinski definition) is 0. The molecule has 7 nitrogen and oxygen atoms in total. The smallest absolute Gasteiger partial charge is 0.163 e. The Labute approximate surface area is 143 Å². The van der Waals surface area contributed by atoms with Gasteiger partial charge < -0.3 is 9.30 Å². The topological polar surface area (TPSA) is 61.0 Å². The number of aryl methyl sites for hydroxylation is 3. The molecule has 0 aromatic carbocycles. The van der Waals surface area contributed by atoms with Crippen LogP contribution in [0.5, 0.6) is 0 Å². The van der Waals surface area contributed by atoms with Gasteiger partial charge in [-0.1, -0.05) is 13.8 Å². The Hall–Kier alpha value is -1.73. The van der Waals surface area contributed by atoms with Crippen LogP contribution in [0.15, 0.2) is 6.33 Å². The summed E-state index contributed by atoms with van der Waals surface area (Å²) >= 11 is 0. The first-order valence-electron chi connectivity index (χ1n) is 8.93. The summed E-state index contributed by atoms with van der Waals surface area (Å²) < 4.78 is 10.1. The molecule has 132 valence electrons. The lowest BCUT2D eigenvalue weighted by molar-refractivity contribution is -0.0390. The van der Waals surface area contributed by atoms with Crippen molar-refractivity contribution in [1.82, 2.24) is 29.4 Å². The predicted molar refractivity (Wildman–Crippen MR) is 91.6 cm³/mol. The Morgan fingerprint density at radius 2 is 2.08 bits per heavy atom. The third-order valence-corrected chi connectivity index (χ3v) is 4.83. The van der Waals surface area contributed by atoms with E-state index in [0.29, 0.717) is 0 Å². The SMILES string of the molecule is CCc1nn(C)c(CC)c1CN1CCOC(c2nncn2CC)C1. The Bertz CT molecular complexity index is 677. The van der Waals surface area contributed by atoms with Crippen LogP contribution < -0.4 is 0 Å². The average Bonchev–Trinajstić information content (AvgIpc) is 3.19. The van der Waals surface area contributed by atoms with Crippen LogP contribution in [-0.2, 0) is 37.7 Å². The first kappa shape index (κ1) is 17.1. The molecule has 0 bridgehead atoms. The molecule has 0 N–H and O–H groups in total. The van der Waals surface area contributed by atoms with Crippen molar-refractivity contribution in [3.8, 4) is 0 Å². The monoisotopic (exact) mass is 332 g/mol. The van der Waals surface area contributed by atoms with Crippen LogP contribution in [0.2, 0.25) is 0 Å². The summed E-state index contributed by atoms with van der Waals surface area (Å²) in [6, 6.07) is 0. The van der Waals surface area contributed by atoms with Gasteiger partial charge in [0, 0.05) is 44.5 Å². The van der Waals surface area contributed by atoms with Crippen LogP contribution >= 0.6 is 0 Å². The van der Waals surface area contributed by atoms with E-state index in [9.17, 15) is 0 Å². The summed E-state index contributed by atoms with van der Waals surface area (Å²) in [5.41, 5.74) is 3.95. The second-order valence-electron chi connectivity index (χ2n) is 6.27. The molecule has 3 rings (SSSR count). The minimum absolute atomic E-state index is 0.00646. The molecule has 3 heterocycles. The minimum Gasteiger partial charge on any atom is -0.368 e. The van der Waals surface area contributed by atoms with Crippen LogP contribution in [0.25, 0.3) is 0 Å². The van der Waals surface area contributed by atoms with E-state index in [4.69, 9.17) is 9.84 Å². The molecule has 1 atom stereocenters. The van der Waals surface area contributed by atoms with Crippen LogP contribution in [0.1, 0.15) is 49.7 Å². The Morgan fingerprint density at radius 3 is 2.79 bits per heavy atom. The van der Waals surface area contributed by atoms with Gasteiger partial charge in [-0.15, -0.1) is 10.2 Å². The van der Waals surface area contributed by atoms with Crippen molar-refractivity contribution in [2.75, 3.05) is 19.7 Å². The van der Waals surface area contributed by atoms with Gasteiger partial charge >= 0.3 is 0 Å². The second kappa shape index (κ2) is 7.44. The molecule has 0 saturated carbocycles. The van der Waals surface area contributed by atoms with Gasteiger partial charge in [-0.2, -0.15) is 5.10 Å². The molecular formula is C17H28N6O. The van der Waals surface area contributed by atoms with Crippen molar-refractivity contribution in [2.45, 2.75) is 52.8 Å². The summed E-state index contributed by atoms with van der Waals surface area (Å²) in [5.74, 6) is 0.930. The molecule has 0 aliphatic carbocycles. The number of hydrogen-bond acceptors (Lipinski definition) is 5. The van der Waals surface area contributed by atoms with Crippen molar-refractivity contribution in [3.05, 3.63) is 29.1 Å². The first-order chi connectivity index (χ1) is 11.7. The highest BCUT2D eigenvalue weighted by molar-refractivity contribution is 5.26. The molecule has 2 aromatic rings. The molecule has 1 saturated heterocycles. The Kier molecular flexibility index (Phi) is 5.30. The number of nitrogens with zero attached hydrogens (tertiary/aromatic N) is 6. The fraction of sp³-hybridized carbons (Fsp3) is 0.706. The maximum Gasteiger partial charge on any atom is 0.163 e. The second-order valence-corrected chi connectivity index (χ2v) is 6.27. The highest BCUT2D eigenvalue weighted by Gasteiger charge is 2.27. The van der Waals surface area contributed by atoms with E-state index in [0.717, 1.165) is 51.5 Å². The van der Waals surface area contributed by atoms with Crippen LogP contribution in [-0.4, -0.2) is 49.1 Å². The van der Waals surface area contributed by atoms with Crippen molar-refractivity contribution in [3.63, 3.8) is 0 Å². The van der Waals surface area contributed by atoms with Gasteiger partial charge in [0.05, 0.1) is 12.3 Å². The lowest BCUT2D eigenvalue weighted by Crippen LogP contribution is -2.39. The summed E-state index contributed by atoms with van der Waals surface area (Å²) in [7, 11) is 2.05. The van der Waals surface area contributed by atoms with Crippen LogP contribution in [0.3, 0.4) is 0 Å². The molecule has 0 radical (unpaired) electrons. The van der Waals surface area contributed by atoms with Gasteiger partial charge in [0.25, 0.3) is 0 Å². The number of morpholine rings is 1. The van der Waals surface area contributed by atoms with Gasteiger partial charge in [0.1, 0.15) is 12.4 Å². The normalized spacial score (nSPS) is 19.1. The van der Waals surface area contributed by atoms with E-state index in [1.807, 2.05) is 11.7 Å². The Morgan fingerprint density at radius 1 is 1.25 bits per heavy atom. The highest BCUT2D eigenvalue weighted by atomic mass is 16.5. The summed E-state index contributed by atoms with van der Waals surface area (Å²) in [5, 5.41) is 13.0. The maximum absolute atomic E-state index is 5.97. The number of aromatic nitrogens is 5. The van der Waals surface area contributed by atoms with Crippen molar-refractivity contribution < 1.29 is 4.74 Å². The van der Waals surface area contributed by atoms with E-state index in [1.54, 1.807) is 6.33 Å². The first-order valence-corrected chi connectivity index (χ1v) is 8.93. The standard InChI is InChI=1S/C17H28N6O/c1-5-14-13(15(6-2)21(4)20-14)10-22-8-9-24-16(11-22)17-19-18-12-23(17)7-3/h12,16H,5-11H2,1-4H3. The zero-order valence-electron chi connectivity index (χ0n) is 15.2. The van der Waals surface area contributed by atoms with Gasteiger partial charge in [-0.3, -0.25) is 9.58 Å². The van der Waals surface area contributed by atoms with Crippen molar-refractivity contribution >= 4 is 0 Å². The molecule has 0 spiro atoms. The molecule has 2 aromatic heterocycles. The van der Waals surface area contributed by atoms with Gasteiger partial charge in [0.2, 0.25) is 0 Å². The average molecular weight is 332 g/mol. The summed E-state index contributed by atoms with van der Waals surface area (Å²) in [4.78, 5) is 2.46. The van der Waals surface area contributed by atoms with Gasteiger partial charge in [-0.25, -0.2) is 0 Å². The fourth-order valence-electron chi connectivity index (χ4n) is 3.56. The quantitative estimate of drug-likeness (QED) is 0.806. The van der Waals surface area contributed by atoms with Gasteiger partial charge in [-0.05, 0) is 19.8 Å². The molecule has 0 amide bonds. The summed E-state index contributed by atoms with van der Waals surface area (Å²) in [6.45, 7) is 10.8. The molecule has 1 aliphatic heterocycles. The molecule has 1 unspecified atom stereocenters. The molecular weight excluding hydrogens is 304 g/mol. The molecule has 1 aliphatic rings. The lowest BCUT2D eigenvalue weighted by Gasteiger charge is -2.32. The molecule has 1 fully saturated rings. The van der Waals surface area contributed by atoms with Crippen molar-refractivity contribution in [1.29, 1.82) is 0 Å². The largest absolute Gasteiger partial charge is 0.368 e. The van der Waals surface area contributed by atoms with Crippen LogP contribution in [0, 0.1) is 0 Å². The van der Waals surface area contributed by atoms with Crippen LogP contribution in [0.4, 0.5) is 0 Å². The third-order valence-electron chi connectivity index (χ3n) is 4.83. The molecule has 7 heteroatoms. The Balaban J connectivity index is 1.77. The molecule has 24 heavy (non-hydrogen) atoms. The summed E-state index contributed by atoms with van der Waals surface area (Å²) in [6.07, 6.45) is 3.76. The fourth-order valence-corrected chi connectivity index (χ4v) is 3.56. The van der Waals surface area contributed by atoms with E-state index < -0.39 is 0 Å². The van der Waals surface area contributed by atoms with E-state index in [-0.39, 0.29) is 6.10 Å².